The molecule has 1 aliphatic rings. The lowest BCUT2D eigenvalue weighted by atomic mass is 10.1. The Hall–Kier alpha value is -0.520. The standard InChI is InChI=1S/C11H20N2/c1-5-10(4)12-11-8-13(6-2)7-9(11)3/h1,9-12H,6-8H2,2-4H3. The topological polar surface area (TPSA) is 15.3 Å². The lowest BCUT2D eigenvalue weighted by Crippen LogP contribution is -2.40. The van der Waals surface area contributed by atoms with E-state index in [0.717, 1.165) is 19.0 Å². The van der Waals surface area contributed by atoms with Gasteiger partial charge in [-0.1, -0.05) is 19.8 Å². The van der Waals surface area contributed by atoms with Crippen LogP contribution in [0.15, 0.2) is 0 Å². The van der Waals surface area contributed by atoms with Gasteiger partial charge in [0.05, 0.1) is 6.04 Å². The van der Waals surface area contributed by atoms with Gasteiger partial charge in [-0.15, -0.1) is 6.42 Å². The van der Waals surface area contributed by atoms with E-state index in [2.05, 4.69) is 30.0 Å². The normalized spacial score (nSPS) is 31.5. The molecule has 2 heteroatoms. The molecule has 1 N–H and O–H groups in total. The summed E-state index contributed by atoms with van der Waals surface area (Å²) in [6, 6.07) is 0.773. The summed E-state index contributed by atoms with van der Waals surface area (Å²) in [5, 5.41) is 3.46. The predicted octanol–water partition coefficient (Wildman–Crippen LogP) is 0.938. The third kappa shape index (κ3) is 2.72. The smallest absolute Gasteiger partial charge is 0.0660 e. The maximum absolute atomic E-state index is 5.34. The summed E-state index contributed by atoms with van der Waals surface area (Å²) >= 11 is 0. The van der Waals surface area contributed by atoms with Crippen LogP contribution in [0.5, 0.6) is 0 Å². The molecule has 0 radical (unpaired) electrons. The predicted molar refractivity (Wildman–Crippen MR) is 56.5 cm³/mol. The van der Waals surface area contributed by atoms with Crippen molar-refractivity contribution in [3.05, 3.63) is 0 Å². The van der Waals surface area contributed by atoms with Crippen LogP contribution in [-0.2, 0) is 0 Å². The average molecular weight is 180 g/mol. The van der Waals surface area contributed by atoms with Crippen LogP contribution in [0, 0.1) is 18.3 Å². The Morgan fingerprint density at radius 1 is 1.62 bits per heavy atom. The highest BCUT2D eigenvalue weighted by atomic mass is 15.2. The Morgan fingerprint density at radius 2 is 2.31 bits per heavy atom. The summed E-state index contributed by atoms with van der Waals surface area (Å²) in [6.45, 7) is 10.0. The van der Waals surface area contributed by atoms with Crippen molar-refractivity contribution in [2.45, 2.75) is 32.9 Å². The Morgan fingerprint density at radius 3 is 2.77 bits per heavy atom. The van der Waals surface area contributed by atoms with Crippen LogP contribution in [0.4, 0.5) is 0 Å². The van der Waals surface area contributed by atoms with Crippen molar-refractivity contribution >= 4 is 0 Å². The monoisotopic (exact) mass is 180 g/mol. The number of hydrogen-bond acceptors (Lipinski definition) is 2. The van der Waals surface area contributed by atoms with E-state index in [9.17, 15) is 0 Å². The van der Waals surface area contributed by atoms with E-state index >= 15 is 0 Å². The van der Waals surface area contributed by atoms with Gasteiger partial charge in [0.15, 0.2) is 0 Å². The molecule has 3 atom stereocenters. The Balaban J connectivity index is 2.40. The van der Waals surface area contributed by atoms with E-state index in [1.807, 2.05) is 6.92 Å². The second-order valence-electron chi connectivity index (χ2n) is 3.99. The van der Waals surface area contributed by atoms with Crippen LogP contribution < -0.4 is 5.32 Å². The molecule has 1 heterocycles. The first kappa shape index (κ1) is 10.6. The Labute approximate surface area is 81.7 Å². The molecule has 1 fully saturated rings. The zero-order valence-corrected chi connectivity index (χ0v) is 8.88. The number of likely N-dealkylation sites (N-methyl/N-ethyl adjacent to an activating group) is 1. The zero-order valence-electron chi connectivity index (χ0n) is 8.88. The lowest BCUT2D eigenvalue weighted by Gasteiger charge is -2.18. The fraction of sp³-hybridized carbons (Fsp3) is 0.818. The molecule has 0 aromatic carbocycles. The van der Waals surface area contributed by atoms with E-state index in [1.54, 1.807) is 0 Å². The number of rotatable bonds is 3. The fourth-order valence-electron chi connectivity index (χ4n) is 1.91. The van der Waals surface area contributed by atoms with Crippen molar-refractivity contribution in [2.24, 2.45) is 5.92 Å². The van der Waals surface area contributed by atoms with Crippen LogP contribution in [0.2, 0.25) is 0 Å². The largest absolute Gasteiger partial charge is 0.302 e. The molecule has 13 heavy (non-hydrogen) atoms. The van der Waals surface area contributed by atoms with Crippen LogP contribution in [0.1, 0.15) is 20.8 Å². The number of terminal acetylenes is 1. The van der Waals surface area contributed by atoms with E-state index in [-0.39, 0.29) is 6.04 Å². The van der Waals surface area contributed by atoms with Gasteiger partial charge in [-0.2, -0.15) is 0 Å². The molecular weight excluding hydrogens is 160 g/mol. The minimum absolute atomic E-state index is 0.198. The number of nitrogens with zero attached hydrogens (tertiary/aromatic N) is 1. The van der Waals surface area contributed by atoms with Crippen molar-refractivity contribution in [1.29, 1.82) is 0 Å². The third-order valence-electron chi connectivity index (χ3n) is 2.85. The van der Waals surface area contributed by atoms with Crippen LogP contribution in [0.3, 0.4) is 0 Å². The molecule has 1 rings (SSSR count). The zero-order chi connectivity index (χ0) is 9.84. The highest BCUT2D eigenvalue weighted by Crippen LogP contribution is 2.16. The second-order valence-corrected chi connectivity index (χ2v) is 3.99. The third-order valence-corrected chi connectivity index (χ3v) is 2.85. The van der Waals surface area contributed by atoms with E-state index in [0.29, 0.717) is 6.04 Å². The first-order valence-electron chi connectivity index (χ1n) is 5.12. The summed E-state index contributed by atoms with van der Waals surface area (Å²) in [4.78, 5) is 2.46. The molecule has 0 bridgehead atoms. The van der Waals surface area contributed by atoms with E-state index < -0.39 is 0 Å². The lowest BCUT2D eigenvalue weighted by molar-refractivity contribution is 0.341. The summed E-state index contributed by atoms with van der Waals surface area (Å²) in [7, 11) is 0. The molecule has 0 aromatic rings. The van der Waals surface area contributed by atoms with Crippen molar-refractivity contribution in [3.63, 3.8) is 0 Å². The molecule has 0 amide bonds. The molecule has 3 unspecified atom stereocenters. The number of nitrogens with one attached hydrogen (secondary N) is 1. The quantitative estimate of drug-likeness (QED) is 0.650. The summed E-state index contributed by atoms with van der Waals surface area (Å²) < 4.78 is 0. The maximum Gasteiger partial charge on any atom is 0.0660 e. The van der Waals surface area contributed by atoms with Gasteiger partial charge in [-0.3, -0.25) is 5.32 Å². The molecule has 0 aliphatic carbocycles. The Kier molecular flexibility index (Phi) is 3.77. The summed E-state index contributed by atoms with van der Waals surface area (Å²) in [5.74, 6) is 3.43. The molecule has 74 valence electrons. The molecule has 0 aromatic heterocycles. The molecule has 2 nitrogen and oxygen atoms in total. The maximum atomic E-state index is 5.34. The number of hydrogen-bond donors (Lipinski definition) is 1. The molecule has 1 saturated heterocycles. The van der Waals surface area contributed by atoms with Crippen molar-refractivity contribution < 1.29 is 0 Å². The van der Waals surface area contributed by atoms with Crippen LogP contribution >= 0.6 is 0 Å². The van der Waals surface area contributed by atoms with Gasteiger partial charge in [-0.25, -0.2) is 0 Å². The van der Waals surface area contributed by atoms with Gasteiger partial charge in [0.2, 0.25) is 0 Å². The first-order valence-corrected chi connectivity index (χ1v) is 5.12. The van der Waals surface area contributed by atoms with Gasteiger partial charge >= 0.3 is 0 Å². The van der Waals surface area contributed by atoms with Crippen LogP contribution in [-0.4, -0.2) is 36.6 Å². The highest BCUT2D eigenvalue weighted by Gasteiger charge is 2.28. The SMILES string of the molecule is C#CC(C)NC1CN(CC)CC1C. The second kappa shape index (κ2) is 4.64. The van der Waals surface area contributed by atoms with E-state index in [1.165, 1.54) is 6.54 Å². The molecule has 0 saturated carbocycles. The highest BCUT2D eigenvalue weighted by molar-refractivity contribution is 4.99. The van der Waals surface area contributed by atoms with Crippen molar-refractivity contribution in [3.8, 4) is 12.3 Å². The van der Waals surface area contributed by atoms with Gasteiger partial charge in [-0.05, 0) is 19.4 Å². The molecule has 0 spiro atoms. The minimum atomic E-state index is 0.198. The average Bonchev–Trinajstić information content (AvgIpc) is 2.47. The number of likely N-dealkylation sites (tertiary alicyclic amines) is 1. The summed E-state index contributed by atoms with van der Waals surface area (Å²) in [6.07, 6.45) is 5.34. The van der Waals surface area contributed by atoms with Crippen molar-refractivity contribution in [2.75, 3.05) is 19.6 Å². The molecular formula is C11H20N2. The summed E-state index contributed by atoms with van der Waals surface area (Å²) in [5.41, 5.74) is 0. The van der Waals surface area contributed by atoms with E-state index in [4.69, 9.17) is 6.42 Å². The van der Waals surface area contributed by atoms with Gasteiger partial charge in [0.25, 0.3) is 0 Å². The van der Waals surface area contributed by atoms with Crippen LogP contribution in [0.25, 0.3) is 0 Å². The van der Waals surface area contributed by atoms with Gasteiger partial charge in [0.1, 0.15) is 0 Å². The van der Waals surface area contributed by atoms with Crippen molar-refractivity contribution in [1.82, 2.24) is 10.2 Å². The minimum Gasteiger partial charge on any atom is -0.302 e. The first-order chi connectivity index (χ1) is 6.17. The Bertz CT molecular complexity index is 195. The van der Waals surface area contributed by atoms with Gasteiger partial charge < -0.3 is 4.90 Å². The van der Waals surface area contributed by atoms with Gasteiger partial charge in [0, 0.05) is 19.1 Å². The fourth-order valence-corrected chi connectivity index (χ4v) is 1.91. The molecule has 1 aliphatic heterocycles.